The van der Waals surface area contributed by atoms with Gasteiger partial charge in [0.15, 0.2) is 0 Å². The van der Waals surface area contributed by atoms with Crippen LogP contribution >= 0.6 is 0 Å². The van der Waals surface area contributed by atoms with Crippen molar-refractivity contribution >= 4 is 5.91 Å². The number of hydrogen-bond donors (Lipinski definition) is 2. The summed E-state index contributed by atoms with van der Waals surface area (Å²) in [7, 11) is 0. The van der Waals surface area contributed by atoms with Crippen molar-refractivity contribution in [1.82, 2.24) is 10.6 Å². The zero-order valence-corrected chi connectivity index (χ0v) is 13.7. The average Bonchev–Trinajstić information content (AvgIpc) is 2.62. The zero-order chi connectivity index (χ0) is 17.6. The molecule has 1 aliphatic heterocycles. The Balaban J connectivity index is 1.79. The molecule has 0 bridgehead atoms. The van der Waals surface area contributed by atoms with E-state index in [-0.39, 0.29) is 17.5 Å². The SMILES string of the molecule is O=C(NC(Cc1cccc(F)c1)c1cccc(F)c1)C1CNCCO1. The fourth-order valence-corrected chi connectivity index (χ4v) is 2.87. The van der Waals surface area contributed by atoms with Gasteiger partial charge in [0.05, 0.1) is 12.6 Å². The van der Waals surface area contributed by atoms with E-state index in [1.807, 2.05) is 0 Å². The molecular weight excluding hydrogens is 326 g/mol. The Kier molecular flexibility index (Phi) is 5.73. The van der Waals surface area contributed by atoms with Crippen molar-refractivity contribution in [3.63, 3.8) is 0 Å². The molecule has 1 aliphatic rings. The number of rotatable bonds is 5. The number of morpholine rings is 1. The van der Waals surface area contributed by atoms with Gasteiger partial charge in [-0.3, -0.25) is 4.79 Å². The molecule has 0 spiro atoms. The highest BCUT2D eigenvalue weighted by Crippen LogP contribution is 2.20. The Morgan fingerprint density at radius 1 is 1.20 bits per heavy atom. The molecule has 2 aromatic rings. The van der Waals surface area contributed by atoms with Gasteiger partial charge < -0.3 is 15.4 Å². The van der Waals surface area contributed by atoms with Gasteiger partial charge in [-0.2, -0.15) is 0 Å². The van der Waals surface area contributed by atoms with Crippen LogP contribution in [0.5, 0.6) is 0 Å². The molecule has 4 nitrogen and oxygen atoms in total. The van der Waals surface area contributed by atoms with E-state index in [1.54, 1.807) is 24.3 Å². The van der Waals surface area contributed by atoms with Crippen LogP contribution in [0.4, 0.5) is 8.78 Å². The number of ether oxygens (including phenoxy) is 1. The summed E-state index contributed by atoms with van der Waals surface area (Å²) in [5.74, 6) is -0.994. The predicted molar refractivity (Wildman–Crippen MR) is 90.0 cm³/mol. The first-order valence-corrected chi connectivity index (χ1v) is 8.24. The van der Waals surface area contributed by atoms with E-state index in [0.717, 1.165) is 5.56 Å². The molecule has 3 rings (SSSR count). The fraction of sp³-hybridized carbons (Fsp3) is 0.316. The topological polar surface area (TPSA) is 50.4 Å². The number of benzene rings is 2. The van der Waals surface area contributed by atoms with E-state index in [9.17, 15) is 13.6 Å². The maximum Gasteiger partial charge on any atom is 0.250 e. The Bertz CT molecular complexity index is 733. The summed E-state index contributed by atoms with van der Waals surface area (Å²) in [6, 6.07) is 11.8. The van der Waals surface area contributed by atoms with Crippen molar-refractivity contribution in [2.24, 2.45) is 0 Å². The second kappa shape index (κ2) is 8.18. The predicted octanol–water partition coefficient (Wildman–Crippen LogP) is 2.35. The molecule has 2 atom stereocenters. The lowest BCUT2D eigenvalue weighted by molar-refractivity contribution is -0.135. The highest BCUT2D eigenvalue weighted by atomic mass is 19.1. The van der Waals surface area contributed by atoms with Gasteiger partial charge in [-0.05, 0) is 41.8 Å². The first-order valence-electron chi connectivity index (χ1n) is 8.24. The molecule has 1 amide bonds. The Hall–Kier alpha value is -2.31. The Morgan fingerprint density at radius 3 is 2.64 bits per heavy atom. The smallest absolute Gasteiger partial charge is 0.250 e. The van der Waals surface area contributed by atoms with Gasteiger partial charge in [-0.15, -0.1) is 0 Å². The van der Waals surface area contributed by atoms with Crippen molar-refractivity contribution in [2.45, 2.75) is 18.6 Å². The van der Waals surface area contributed by atoms with Gasteiger partial charge in [0, 0.05) is 13.1 Å². The van der Waals surface area contributed by atoms with Crippen molar-refractivity contribution in [2.75, 3.05) is 19.7 Å². The first-order chi connectivity index (χ1) is 12.1. The molecule has 0 aliphatic carbocycles. The standard InChI is InChI=1S/C19H20F2N2O2/c20-15-5-1-3-13(9-15)10-17(14-4-2-6-16(21)11-14)23-19(24)18-12-22-7-8-25-18/h1-6,9,11,17-18,22H,7-8,10,12H2,(H,23,24). The van der Waals surface area contributed by atoms with Crippen molar-refractivity contribution < 1.29 is 18.3 Å². The van der Waals surface area contributed by atoms with E-state index < -0.39 is 12.1 Å². The van der Waals surface area contributed by atoms with E-state index in [2.05, 4.69) is 10.6 Å². The molecule has 2 aromatic carbocycles. The molecule has 6 heteroatoms. The monoisotopic (exact) mass is 346 g/mol. The molecule has 0 aromatic heterocycles. The van der Waals surface area contributed by atoms with Crippen LogP contribution in [0.25, 0.3) is 0 Å². The summed E-state index contributed by atoms with van der Waals surface area (Å²) in [4.78, 5) is 12.5. The average molecular weight is 346 g/mol. The molecule has 0 radical (unpaired) electrons. The highest BCUT2D eigenvalue weighted by molar-refractivity contribution is 5.81. The summed E-state index contributed by atoms with van der Waals surface area (Å²) in [6.45, 7) is 1.61. The lowest BCUT2D eigenvalue weighted by atomic mass is 9.98. The number of carbonyl (C=O) groups is 1. The first kappa shape index (κ1) is 17.5. The van der Waals surface area contributed by atoms with Gasteiger partial charge >= 0.3 is 0 Å². The molecule has 1 saturated heterocycles. The van der Waals surface area contributed by atoms with Crippen LogP contribution in [0.2, 0.25) is 0 Å². The van der Waals surface area contributed by atoms with Crippen molar-refractivity contribution in [3.8, 4) is 0 Å². The van der Waals surface area contributed by atoms with Crippen LogP contribution in [0.15, 0.2) is 48.5 Å². The third kappa shape index (κ3) is 4.84. The summed E-state index contributed by atoms with van der Waals surface area (Å²) >= 11 is 0. The molecule has 132 valence electrons. The lowest BCUT2D eigenvalue weighted by Gasteiger charge is -2.26. The third-order valence-corrected chi connectivity index (χ3v) is 4.12. The minimum atomic E-state index is -0.586. The quantitative estimate of drug-likeness (QED) is 0.874. The lowest BCUT2D eigenvalue weighted by Crippen LogP contribution is -2.48. The van der Waals surface area contributed by atoms with Crippen LogP contribution in [0.3, 0.4) is 0 Å². The number of carbonyl (C=O) groups excluding carboxylic acids is 1. The third-order valence-electron chi connectivity index (χ3n) is 4.12. The van der Waals surface area contributed by atoms with Gasteiger partial charge in [-0.25, -0.2) is 8.78 Å². The van der Waals surface area contributed by atoms with Crippen molar-refractivity contribution in [3.05, 3.63) is 71.3 Å². The molecule has 2 unspecified atom stereocenters. The van der Waals surface area contributed by atoms with Gasteiger partial charge in [0.2, 0.25) is 0 Å². The molecule has 1 heterocycles. The van der Waals surface area contributed by atoms with Crippen LogP contribution in [-0.4, -0.2) is 31.7 Å². The number of amides is 1. The Labute approximate surface area is 145 Å². The van der Waals surface area contributed by atoms with Gasteiger partial charge in [-0.1, -0.05) is 24.3 Å². The van der Waals surface area contributed by atoms with E-state index >= 15 is 0 Å². The Morgan fingerprint density at radius 2 is 1.96 bits per heavy atom. The normalized spacial score (nSPS) is 18.6. The second-order valence-corrected chi connectivity index (χ2v) is 6.01. The zero-order valence-electron chi connectivity index (χ0n) is 13.7. The van der Waals surface area contributed by atoms with E-state index in [4.69, 9.17) is 4.74 Å². The van der Waals surface area contributed by atoms with E-state index in [1.165, 1.54) is 24.3 Å². The van der Waals surface area contributed by atoms with Crippen LogP contribution < -0.4 is 10.6 Å². The minimum Gasteiger partial charge on any atom is -0.366 e. The summed E-state index contributed by atoms with van der Waals surface area (Å²) < 4.78 is 32.5. The molecule has 2 N–H and O–H groups in total. The summed E-state index contributed by atoms with van der Waals surface area (Å²) in [5, 5.41) is 6.00. The van der Waals surface area contributed by atoms with Crippen LogP contribution in [-0.2, 0) is 16.0 Å². The van der Waals surface area contributed by atoms with Crippen LogP contribution in [0, 0.1) is 11.6 Å². The van der Waals surface area contributed by atoms with E-state index in [0.29, 0.717) is 31.7 Å². The minimum absolute atomic E-state index is 0.266. The number of halogens is 2. The molecular formula is C19H20F2N2O2. The van der Waals surface area contributed by atoms with Crippen LogP contribution in [0.1, 0.15) is 17.2 Å². The van der Waals surface area contributed by atoms with Gasteiger partial charge in [0.25, 0.3) is 5.91 Å². The maximum atomic E-state index is 13.6. The van der Waals surface area contributed by atoms with Gasteiger partial charge in [0.1, 0.15) is 17.7 Å². The maximum absolute atomic E-state index is 13.6. The summed E-state index contributed by atoms with van der Waals surface area (Å²) in [6.07, 6.45) is -0.232. The fourth-order valence-electron chi connectivity index (χ4n) is 2.87. The second-order valence-electron chi connectivity index (χ2n) is 6.01. The number of hydrogen-bond acceptors (Lipinski definition) is 3. The summed E-state index contributed by atoms with van der Waals surface area (Å²) in [5.41, 5.74) is 1.35. The largest absolute Gasteiger partial charge is 0.366 e. The molecule has 1 fully saturated rings. The highest BCUT2D eigenvalue weighted by Gasteiger charge is 2.25. The number of nitrogens with one attached hydrogen (secondary N) is 2. The van der Waals surface area contributed by atoms with Crippen molar-refractivity contribution in [1.29, 1.82) is 0 Å². The molecule has 0 saturated carbocycles. The molecule has 25 heavy (non-hydrogen) atoms.